The third-order valence-electron chi connectivity index (χ3n) is 7.15. The monoisotopic (exact) mass is 381 g/mol. The summed E-state index contributed by atoms with van der Waals surface area (Å²) in [6.45, 7) is 8.93. The van der Waals surface area contributed by atoms with E-state index in [9.17, 15) is 8.42 Å². The highest BCUT2D eigenvalue weighted by molar-refractivity contribution is 7.89. The highest BCUT2D eigenvalue weighted by Crippen LogP contribution is 2.65. The zero-order valence-electron chi connectivity index (χ0n) is 15.9. The number of primary sulfonamides is 1. The zero-order chi connectivity index (χ0) is 18.9. The molecule has 5 atom stereocenters. The molecule has 1 aromatic heterocycles. The first-order valence-electron chi connectivity index (χ1n) is 9.43. The van der Waals surface area contributed by atoms with E-state index in [1.54, 1.807) is 10.9 Å². The van der Waals surface area contributed by atoms with E-state index in [4.69, 9.17) is 14.4 Å². The number of aromatic nitrogens is 2. The van der Waals surface area contributed by atoms with Crippen LogP contribution in [0.2, 0.25) is 6.32 Å². The Bertz CT molecular complexity index is 811. The van der Waals surface area contributed by atoms with E-state index < -0.39 is 10.0 Å². The molecule has 9 heteroatoms. The number of hydrogen-bond donors (Lipinski definition) is 1. The average molecular weight is 381 g/mol. The average Bonchev–Trinajstić information content (AvgIpc) is 3.15. The Hall–Kier alpha value is -0.895. The Kier molecular flexibility index (Phi) is 4.12. The molecule has 2 N–H and O–H groups in total. The normalized spacial score (nSPS) is 36.5. The Morgan fingerprint density at radius 1 is 1.42 bits per heavy atom. The lowest BCUT2D eigenvalue weighted by Crippen LogP contribution is -2.65. The summed E-state index contributed by atoms with van der Waals surface area (Å²) in [7, 11) is -3.96. The predicted molar refractivity (Wildman–Crippen MR) is 97.8 cm³/mol. The van der Waals surface area contributed by atoms with Crippen molar-refractivity contribution in [3.8, 4) is 0 Å². The Balaban J connectivity index is 1.37. The number of sulfonamides is 1. The van der Waals surface area contributed by atoms with Gasteiger partial charge in [-0.25, -0.2) is 13.6 Å². The molecule has 3 saturated carbocycles. The highest BCUT2D eigenvalue weighted by Gasteiger charge is 2.67. The van der Waals surface area contributed by atoms with Gasteiger partial charge in [0.15, 0.2) is 5.03 Å². The molecule has 0 spiro atoms. The van der Waals surface area contributed by atoms with Crippen LogP contribution in [0.25, 0.3) is 0 Å². The van der Waals surface area contributed by atoms with E-state index in [0.717, 1.165) is 25.1 Å². The predicted octanol–water partition coefficient (Wildman–Crippen LogP) is 2.21. The van der Waals surface area contributed by atoms with Gasteiger partial charge in [-0.15, -0.1) is 0 Å². The first kappa shape index (κ1) is 18.5. The van der Waals surface area contributed by atoms with Crippen LogP contribution in [0.4, 0.5) is 0 Å². The van der Waals surface area contributed by atoms with Crippen LogP contribution in [-0.4, -0.2) is 37.0 Å². The minimum Gasteiger partial charge on any atom is -0.405 e. The molecule has 2 heterocycles. The largest absolute Gasteiger partial charge is 0.457 e. The van der Waals surface area contributed by atoms with Crippen molar-refractivity contribution < 1.29 is 17.7 Å². The lowest BCUT2D eigenvalue weighted by molar-refractivity contribution is -0.199. The molecular weight excluding hydrogens is 353 g/mol. The first-order chi connectivity index (χ1) is 12.0. The van der Waals surface area contributed by atoms with E-state index in [0.29, 0.717) is 11.3 Å². The summed E-state index contributed by atoms with van der Waals surface area (Å²) in [4.78, 5) is 0. The minimum absolute atomic E-state index is 0.0400. The topological polar surface area (TPSA) is 96.4 Å². The van der Waals surface area contributed by atoms with Crippen LogP contribution >= 0.6 is 0 Å². The van der Waals surface area contributed by atoms with Gasteiger partial charge in [-0.05, 0) is 62.7 Å². The maximum Gasteiger partial charge on any atom is 0.457 e. The van der Waals surface area contributed by atoms with E-state index >= 15 is 0 Å². The van der Waals surface area contributed by atoms with Gasteiger partial charge in [0.25, 0.3) is 10.0 Å². The van der Waals surface area contributed by atoms with E-state index in [1.165, 1.54) is 12.5 Å². The van der Waals surface area contributed by atoms with E-state index in [-0.39, 0.29) is 29.9 Å². The van der Waals surface area contributed by atoms with Crippen LogP contribution < -0.4 is 5.14 Å². The van der Waals surface area contributed by atoms with Crippen molar-refractivity contribution in [1.82, 2.24) is 9.78 Å². The van der Waals surface area contributed by atoms with E-state index in [2.05, 4.69) is 25.9 Å². The Labute approximate surface area is 155 Å². The second kappa shape index (κ2) is 5.80. The molecule has 26 heavy (non-hydrogen) atoms. The van der Waals surface area contributed by atoms with Crippen LogP contribution in [0, 0.1) is 17.3 Å². The fourth-order valence-corrected chi connectivity index (χ4v) is 5.76. The molecule has 1 aromatic rings. The molecular formula is C17H28BN3O4S. The van der Waals surface area contributed by atoms with Gasteiger partial charge in [0.05, 0.1) is 11.7 Å². The smallest absolute Gasteiger partial charge is 0.405 e. The Morgan fingerprint density at radius 3 is 2.77 bits per heavy atom. The van der Waals surface area contributed by atoms with Crippen LogP contribution in [-0.2, 0) is 19.3 Å². The van der Waals surface area contributed by atoms with Crippen molar-refractivity contribution in [2.45, 2.75) is 76.1 Å². The summed E-state index contributed by atoms with van der Waals surface area (Å²) in [5.41, 5.74) is 0.161. The summed E-state index contributed by atoms with van der Waals surface area (Å²) in [5, 5.41) is 9.09. The fourth-order valence-electron chi connectivity index (χ4n) is 5.30. The Morgan fingerprint density at radius 2 is 2.15 bits per heavy atom. The third kappa shape index (κ3) is 2.75. The molecule has 3 aliphatic carbocycles. The summed E-state index contributed by atoms with van der Waals surface area (Å²) >= 11 is 0. The van der Waals surface area contributed by atoms with Crippen molar-refractivity contribution in [3.05, 3.63) is 12.3 Å². The first-order valence-corrected chi connectivity index (χ1v) is 11.0. The van der Waals surface area contributed by atoms with Crippen molar-refractivity contribution in [1.29, 1.82) is 0 Å². The molecule has 144 valence electrons. The fraction of sp³-hybridized carbons (Fsp3) is 0.824. The highest BCUT2D eigenvalue weighted by atomic mass is 32.2. The maximum absolute atomic E-state index is 11.4. The zero-order valence-corrected chi connectivity index (χ0v) is 16.7. The standard InChI is InChI=1S/C17H28BN3O4S/c1-11(21-8-6-15(20-21)26(19,22)23)5-7-18-24-14-10-12-9-13(16(12,2)3)17(14,4)25-18/h6,8,11-14H,5,7,9-10H2,1-4H3,(H2,19,22,23)/t11?,12-,13-,14+,17-/m0/s1. The number of nitrogens with zero attached hydrogens (tertiary/aromatic N) is 2. The molecule has 1 aliphatic heterocycles. The third-order valence-corrected chi connectivity index (χ3v) is 7.95. The molecule has 4 fully saturated rings. The molecule has 7 nitrogen and oxygen atoms in total. The summed E-state index contributed by atoms with van der Waals surface area (Å²) in [6, 6.07) is 1.47. The van der Waals surface area contributed by atoms with Crippen LogP contribution in [0.15, 0.2) is 17.3 Å². The molecule has 4 aliphatic rings. The summed E-state index contributed by atoms with van der Waals surface area (Å²) < 4.78 is 37.0. The van der Waals surface area contributed by atoms with Gasteiger partial charge < -0.3 is 9.31 Å². The minimum atomic E-state index is -3.76. The van der Waals surface area contributed by atoms with Gasteiger partial charge in [-0.1, -0.05) is 13.8 Å². The number of nitrogens with two attached hydrogens (primary N) is 1. The molecule has 0 radical (unpaired) electrons. The van der Waals surface area contributed by atoms with Crippen LogP contribution in [0.1, 0.15) is 53.0 Å². The van der Waals surface area contributed by atoms with Crippen molar-refractivity contribution >= 4 is 17.1 Å². The SMILES string of the molecule is CC(CCB1O[C@@H]2C[C@@H]3C[C@@H](C3(C)C)[C@]2(C)O1)n1ccc(S(N)(=O)=O)n1. The lowest BCUT2D eigenvalue weighted by Gasteiger charge is -2.64. The second-order valence-corrected chi connectivity index (χ2v) is 10.5. The van der Waals surface area contributed by atoms with Gasteiger partial charge in [-0.3, -0.25) is 4.68 Å². The van der Waals surface area contributed by atoms with Crippen LogP contribution in [0.3, 0.4) is 0 Å². The maximum atomic E-state index is 11.4. The van der Waals surface area contributed by atoms with Crippen molar-refractivity contribution in [2.24, 2.45) is 22.4 Å². The molecule has 1 unspecified atom stereocenters. The van der Waals surface area contributed by atoms with Gasteiger partial charge in [0.1, 0.15) is 0 Å². The van der Waals surface area contributed by atoms with Gasteiger partial charge in [0, 0.05) is 12.2 Å². The quantitative estimate of drug-likeness (QED) is 0.789. The van der Waals surface area contributed by atoms with Crippen LogP contribution in [0.5, 0.6) is 0 Å². The van der Waals surface area contributed by atoms with Crippen molar-refractivity contribution in [3.63, 3.8) is 0 Å². The number of hydrogen-bond acceptors (Lipinski definition) is 5. The molecule has 0 amide bonds. The van der Waals surface area contributed by atoms with Gasteiger partial charge in [0.2, 0.25) is 0 Å². The molecule has 5 rings (SSSR count). The second-order valence-electron chi connectivity index (χ2n) is 9.00. The molecule has 1 saturated heterocycles. The summed E-state index contributed by atoms with van der Waals surface area (Å²) in [6.07, 6.45) is 5.73. The number of rotatable bonds is 5. The van der Waals surface area contributed by atoms with Gasteiger partial charge >= 0.3 is 7.12 Å². The lowest BCUT2D eigenvalue weighted by atomic mass is 9.43. The molecule has 0 aromatic carbocycles. The van der Waals surface area contributed by atoms with E-state index in [1.807, 2.05) is 6.92 Å². The molecule has 2 bridgehead atoms. The van der Waals surface area contributed by atoms with Gasteiger partial charge in [-0.2, -0.15) is 5.10 Å². The summed E-state index contributed by atoms with van der Waals surface area (Å²) in [5.74, 6) is 1.30. The van der Waals surface area contributed by atoms with Crippen molar-refractivity contribution in [2.75, 3.05) is 0 Å².